The van der Waals surface area contributed by atoms with Gasteiger partial charge in [0.1, 0.15) is 0 Å². The highest BCUT2D eigenvalue weighted by Gasteiger charge is 2.17. The molecule has 1 unspecified atom stereocenters. The molecule has 0 saturated heterocycles. The van der Waals surface area contributed by atoms with Crippen LogP contribution in [0.5, 0.6) is 0 Å². The summed E-state index contributed by atoms with van der Waals surface area (Å²) in [5.41, 5.74) is 8.24. The molecule has 2 nitrogen and oxygen atoms in total. The summed E-state index contributed by atoms with van der Waals surface area (Å²) in [5, 5.41) is 0. The Kier molecular flexibility index (Phi) is 2.08. The highest BCUT2D eigenvalue weighted by atomic mass is 14.8. The molecule has 2 rings (SSSR count). The molecule has 0 aromatic heterocycles. The van der Waals surface area contributed by atoms with Gasteiger partial charge in [-0.3, -0.25) is 4.99 Å². The third-order valence-corrected chi connectivity index (χ3v) is 2.62. The molecule has 1 heterocycles. The fourth-order valence-corrected chi connectivity index (χ4v) is 1.78. The molecule has 0 saturated carbocycles. The number of allylic oxidation sites excluding steroid dienone is 3. The molecule has 2 heteroatoms. The van der Waals surface area contributed by atoms with Gasteiger partial charge in [-0.15, -0.1) is 0 Å². The second-order valence-corrected chi connectivity index (χ2v) is 4.14. The van der Waals surface area contributed by atoms with Crippen molar-refractivity contribution < 1.29 is 0 Å². The monoisotopic (exact) mass is 176 g/mol. The third-order valence-electron chi connectivity index (χ3n) is 2.62. The quantitative estimate of drug-likeness (QED) is 0.603. The number of hydrogen-bond donors (Lipinski definition) is 1. The summed E-state index contributed by atoms with van der Waals surface area (Å²) in [4.78, 5) is 4.47. The first kappa shape index (κ1) is 8.70. The maximum Gasteiger partial charge on any atom is 0.0673 e. The molecule has 0 spiro atoms. The Balaban J connectivity index is 2.32. The van der Waals surface area contributed by atoms with Crippen LogP contribution in [0, 0.1) is 0 Å². The van der Waals surface area contributed by atoms with Crippen molar-refractivity contribution in [3.8, 4) is 0 Å². The minimum absolute atomic E-state index is 0.364. The van der Waals surface area contributed by atoms with Gasteiger partial charge in [0.05, 0.1) is 5.54 Å². The molecule has 1 atom stereocenters. The van der Waals surface area contributed by atoms with Crippen LogP contribution in [0.2, 0.25) is 0 Å². The van der Waals surface area contributed by atoms with Crippen LogP contribution < -0.4 is 5.73 Å². The second-order valence-electron chi connectivity index (χ2n) is 4.14. The van der Waals surface area contributed by atoms with Crippen LogP contribution >= 0.6 is 0 Å². The lowest BCUT2D eigenvalue weighted by Crippen LogP contribution is -2.34. The van der Waals surface area contributed by atoms with E-state index < -0.39 is 0 Å². The first-order valence-electron chi connectivity index (χ1n) is 4.93. The smallest absolute Gasteiger partial charge is 0.0673 e. The molecule has 0 fully saturated rings. The molecule has 0 radical (unpaired) electrons. The lowest BCUT2D eigenvalue weighted by molar-refractivity contribution is 0.678. The highest BCUT2D eigenvalue weighted by molar-refractivity contribution is 5.74. The summed E-state index contributed by atoms with van der Waals surface area (Å²) in [6.45, 7) is 1.98. The first-order chi connectivity index (χ1) is 6.17. The zero-order valence-electron chi connectivity index (χ0n) is 8.09. The molecule has 0 amide bonds. The van der Waals surface area contributed by atoms with E-state index in [9.17, 15) is 0 Å². The van der Waals surface area contributed by atoms with Gasteiger partial charge in [0, 0.05) is 11.9 Å². The maximum absolute atomic E-state index is 5.97. The predicted molar refractivity (Wildman–Crippen MR) is 55.7 cm³/mol. The van der Waals surface area contributed by atoms with Crippen molar-refractivity contribution in [2.75, 3.05) is 0 Å². The Hall–Kier alpha value is -0.890. The van der Waals surface area contributed by atoms with Crippen LogP contribution in [0.15, 0.2) is 28.4 Å². The summed E-state index contributed by atoms with van der Waals surface area (Å²) >= 11 is 0. The standard InChI is InChI=1S/C11H16N2/c1-11(12)7-6-9-4-2-3-5-10(9)13-8-11/h6-8H,2-5,12H2,1H3. The van der Waals surface area contributed by atoms with E-state index in [4.69, 9.17) is 5.73 Å². The Bertz CT molecular complexity index is 267. The first-order valence-corrected chi connectivity index (χ1v) is 4.93. The topological polar surface area (TPSA) is 38.4 Å². The zero-order valence-corrected chi connectivity index (χ0v) is 8.09. The van der Waals surface area contributed by atoms with Gasteiger partial charge < -0.3 is 5.73 Å². The molecular formula is C11H16N2. The molecular weight excluding hydrogens is 160 g/mol. The van der Waals surface area contributed by atoms with Crippen molar-refractivity contribution in [3.63, 3.8) is 0 Å². The normalized spacial score (nSPS) is 33.1. The Labute approximate surface area is 79.2 Å². The molecule has 2 aliphatic rings. The van der Waals surface area contributed by atoms with Crippen molar-refractivity contribution in [2.45, 2.75) is 38.1 Å². The van der Waals surface area contributed by atoms with Crippen LogP contribution in [-0.4, -0.2) is 11.8 Å². The summed E-state index contributed by atoms with van der Waals surface area (Å²) in [7, 11) is 0. The predicted octanol–water partition coefficient (Wildman–Crippen LogP) is 2.17. The van der Waals surface area contributed by atoms with E-state index in [1.54, 1.807) is 0 Å². The lowest BCUT2D eigenvalue weighted by atomic mass is 9.95. The van der Waals surface area contributed by atoms with E-state index in [0.717, 1.165) is 6.42 Å². The van der Waals surface area contributed by atoms with Crippen LogP contribution in [0.3, 0.4) is 0 Å². The zero-order chi connectivity index (χ0) is 9.31. The number of hydrogen-bond acceptors (Lipinski definition) is 2. The van der Waals surface area contributed by atoms with Crippen LogP contribution in [-0.2, 0) is 0 Å². The Morgan fingerprint density at radius 2 is 2.15 bits per heavy atom. The van der Waals surface area contributed by atoms with Gasteiger partial charge in [-0.2, -0.15) is 0 Å². The van der Waals surface area contributed by atoms with Gasteiger partial charge in [0.2, 0.25) is 0 Å². The van der Waals surface area contributed by atoms with Gasteiger partial charge in [0.15, 0.2) is 0 Å². The number of nitrogens with two attached hydrogens (primary N) is 1. The molecule has 2 N–H and O–H groups in total. The average Bonchev–Trinajstić information content (AvgIpc) is 2.27. The Morgan fingerprint density at radius 1 is 1.38 bits per heavy atom. The summed E-state index contributed by atoms with van der Waals surface area (Å²) < 4.78 is 0. The van der Waals surface area contributed by atoms with Crippen LogP contribution in [0.1, 0.15) is 32.6 Å². The fourth-order valence-electron chi connectivity index (χ4n) is 1.78. The van der Waals surface area contributed by atoms with Gasteiger partial charge in [-0.05, 0) is 38.2 Å². The van der Waals surface area contributed by atoms with E-state index in [0.29, 0.717) is 0 Å². The summed E-state index contributed by atoms with van der Waals surface area (Å²) in [6, 6.07) is 0. The van der Waals surface area contributed by atoms with E-state index in [2.05, 4.69) is 11.1 Å². The molecule has 1 aliphatic carbocycles. The number of nitrogens with zero attached hydrogens (tertiary/aromatic N) is 1. The Morgan fingerprint density at radius 3 is 3.00 bits per heavy atom. The molecule has 70 valence electrons. The van der Waals surface area contributed by atoms with Crippen molar-refractivity contribution in [1.29, 1.82) is 0 Å². The van der Waals surface area contributed by atoms with Gasteiger partial charge in [-0.1, -0.05) is 12.2 Å². The van der Waals surface area contributed by atoms with Crippen molar-refractivity contribution in [1.82, 2.24) is 0 Å². The maximum atomic E-state index is 5.97. The van der Waals surface area contributed by atoms with Crippen LogP contribution in [0.25, 0.3) is 0 Å². The van der Waals surface area contributed by atoms with Gasteiger partial charge in [-0.25, -0.2) is 0 Å². The largest absolute Gasteiger partial charge is 0.318 e. The van der Waals surface area contributed by atoms with Crippen LogP contribution in [0.4, 0.5) is 0 Å². The van der Waals surface area contributed by atoms with Crippen molar-refractivity contribution in [3.05, 3.63) is 23.4 Å². The molecule has 0 bridgehead atoms. The second kappa shape index (κ2) is 3.11. The average molecular weight is 176 g/mol. The molecule has 13 heavy (non-hydrogen) atoms. The van der Waals surface area contributed by atoms with E-state index in [1.807, 2.05) is 19.2 Å². The third kappa shape index (κ3) is 1.89. The number of rotatable bonds is 0. The SMILES string of the molecule is CC1(N)C=CC2=C(CCCC2)N=C1. The molecule has 0 aromatic carbocycles. The van der Waals surface area contributed by atoms with Gasteiger partial charge >= 0.3 is 0 Å². The lowest BCUT2D eigenvalue weighted by Gasteiger charge is -2.13. The van der Waals surface area contributed by atoms with Crippen molar-refractivity contribution in [2.24, 2.45) is 10.7 Å². The van der Waals surface area contributed by atoms with E-state index >= 15 is 0 Å². The fraction of sp³-hybridized carbons (Fsp3) is 0.545. The molecule has 0 aromatic rings. The summed E-state index contributed by atoms with van der Waals surface area (Å²) in [5.74, 6) is 0. The highest BCUT2D eigenvalue weighted by Crippen LogP contribution is 2.28. The minimum Gasteiger partial charge on any atom is -0.318 e. The summed E-state index contributed by atoms with van der Waals surface area (Å²) in [6.07, 6.45) is 10.9. The van der Waals surface area contributed by atoms with Crippen molar-refractivity contribution >= 4 is 6.21 Å². The van der Waals surface area contributed by atoms with E-state index in [-0.39, 0.29) is 5.54 Å². The number of aliphatic imine (C=N–C) groups is 1. The van der Waals surface area contributed by atoms with Gasteiger partial charge in [0.25, 0.3) is 0 Å². The van der Waals surface area contributed by atoms with E-state index in [1.165, 1.54) is 30.5 Å². The minimum atomic E-state index is -0.364. The molecule has 1 aliphatic heterocycles.